The summed E-state index contributed by atoms with van der Waals surface area (Å²) in [5, 5.41) is 0.0841. The Balaban J connectivity index is 1.78. The van der Waals surface area contributed by atoms with Crippen LogP contribution in [0.2, 0.25) is 0 Å². The van der Waals surface area contributed by atoms with Crippen LogP contribution < -0.4 is 5.30 Å². The Morgan fingerprint density at radius 1 is 0.541 bits per heavy atom. The fourth-order valence-corrected chi connectivity index (χ4v) is 10.3. The Morgan fingerprint density at radius 2 is 0.973 bits per heavy atom. The molecule has 0 radical (unpaired) electrons. The summed E-state index contributed by atoms with van der Waals surface area (Å²) in [5.74, 6) is 0. The molecule has 0 amide bonds. The summed E-state index contributed by atoms with van der Waals surface area (Å²) in [6, 6.07) is 52.2. The minimum atomic E-state index is -3.22. The van der Waals surface area contributed by atoms with Crippen LogP contribution in [0.1, 0.15) is 34.3 Å². The van der Waals surface area contributed by atoms with Crippen molar-refractivity contribution in [2.24, 2.45) is 0 Å². The highest BCUT2D eigenvalue weighted by Gasteiger charge is 2.57. The molecule has 0 saturated carbocycles. The first-order chi connectivity index (χ1) is 18.2. The highest BCUT2D eigenvalue weighted by atomic mass is 31.2. The molecule has 2 heteroatoms. The number of allylic oxidation sites excluding steroid dienone is 2. The quantitative estimate of drug-likeness (QED) is 0.222. The summed E-state index contributed by atoms with van der Waals surface area (Å²) < 4.78 is 16.4. The minimum Gasteiger partial charge on any atom is -0.316 e. The first-order valence-electron chi connectivity index (χ1n) is 12.8. The van der Waals surface area contributed by atoms with Gasteiger partial charge in [-0.2, -0.15) is 0 Å². The van der Waals surface area contributed by atoms with E-state index in [1.165, 1.54) is 11.1 Å². The minimum absolute atomic E-state index is 0.184. The lowest BCUT2D eigenvalue weighted by molar-refractivity contribution is 0.553. The van der Waals surface area contributed by atoms with Gasteiger partial charge in [-0.05, 0) is 34.2 Å². The van der Waals surface area contributed by atoms with E-state index in [4.69, 9.17) is 0 Å². The number of rotatable bonds is 5. The highest BCUT2D eigenvalue weighted by molar-refractivity contribution is 7.73. The van der Waals surface area contributed by atoms with Gasteiger partial charge < -0.3 is 4.57 Å². The molecule has 1 nitrogen and oxygen atoms in total. The molecule has 0 bridgehead atoms. The molecule has 2 atom stereocenters. The molecule has 0 aliphatic carbocycles. The molecule has 0 saturated heterocycles. The zero-order chi connectivity index (χ0) is 25.1. The van der Waals surface area contributed by atoms with Crippen molar-refractivity contribution in [3.63, 3.8) is 0 Å². The van der Waals surface area contributed by atoms with Gasteiger partial charge in [-0.3, -0.25) is 0 Å². The monoisotopic (exact) mass is 496 g/mol. The Bertz CT molecular complexity index is 1500. The van der Waals surface area contributed by atoms with Gasteiger partial charge in [-0.25, -0.2) is 0 Å². The lowest BCUT2D eigenvalue weighted by atomic mass is 9.84. The fraction of sp³-hybridized carbons (Fsp3) is 0.0857. The molecule has 37 heavy (non-hydrogen) atoms. The predicted octanol–water partition coefficient (Wildman–Crippen LogP) is 8.85. The van der Waals surface area contributed by atoms with Gasteiger partial charge in [0.2, 0.25) is 0 Å². The van der Waals surface area contributed by atoms with Crippen molar-refractivity contribution in [2.75, 3.05) is 0 Å². The van der Waals surface area contributed by atoms with Crippen molar-refractivity contribution in [2.45, 2.75) is 17.2 Å². The van der Waals surface area contributed by atoms with Crippen LogP contribution in [0, 0.1) is 0 Å². The SMILES string of the molecule is O=P1(c2ccccc2)C(c2ccccc2)CC(c2ccccc2)=CC1(c1ccccc1)c1ccccc1. The Morgan fingerprint density at radius 3 is 1.49 bits per heavy atom. The maximum absolute atomic E-state index is 16.4. The Kier molecular flexibility index (Phi) is 6.25. The Hall–Kier alpha value is -3.93. The van der Waals surface area contributed by atoms with E-state index in [1.807, 2.05) is 36.4 Å². The van der Waals surface area contributed by atoms with Gasteiger partial charge in [0.25, 0.3) is 0 Å². The molecular formula is C35H29OP. The van der Waals surface area contributed by atoms with Crippen molar-refractivity contribution in [3.8, 4) is 0 Å². The molecule has 1 aliphatic heterocycles. The van der Waals surface area contributed by atoms with Crippen LogP contribution >= 0.6 is 7.14 Å². The molecule has 1 aliphatic rings. The van der Waals surface area contributed by atoms with Crippen LogP contribution in [0.5, 0.6) is 0 Å². The predicted molar refractivity (Wildman–Crippen MR) is 156 cm³/mol. The first kappa shape index (κ1) is 23.5. The zero-order valence-electron chi connectivity index (χ0n) is 20.7. The second-order valence-corrected chi connectivity index (χ2v) is 12.8. The maximum Gasteiger partial charge on any atom is 0.140 e. The standard InChI is InChI=1S/C35H29OP/c36-37(33-24-14-5-15-25-33)34(29-18-8-2-9-19-29)26-30(28-16-6-1-7-17-28)27-35(37,31-20-10-3-11-21-31)32-22-12-4-13-23-32/h1-25,27,34H,26H2. The van der Waals surface area contributed by atoms with E-state index in [0.717, 1.165) is 22.0 Å². The van der Waals surface area contributed by atoms with E-state index in [-0.39, 0.29) is 5.66 Å². The molecule has 0 N–H and O–H groups in total. The van der Waals surface area contributed by atoms with Gasteiger partial charge in [-0.1, -0.05) is 158 Å². The molecule has 5 aromatic rings. The molecule has 6 rings (SSSR count). The van der Waals surface area contributed by atoms with Gasteiger partial charge in [0.1, 0.15) is 7.14 Å². The van der Waals surface area contributed by atoms with Gasteiger partial charge in [0.05, 0.1) is 5.16 Å². The average Bonchev–Trinajstić information content (AvgIpc) is 2.99. The number of benzene rings is 5. The van der Waals surface area contributed by atoms with E-state index < -0.39 is 12.3 Å². The largest absolute Gasteiger partial charge is 0.316 e. The third kappa shape index (κ3) is 3.91. The maximum atomic E-state index is 16.4. The van der Waals surface area contributed by atoms with Crippen LogP contribution in [-0.2, 0) is 9.72 Å². The lowest BCUT2D eigenvalue weighted by Gasteiger charge is -2.48. The molecule has 0 fully saturated rings. The van der Waals surface area contributed by atoms with E-state index in [0.29, 0.717) is 6.42 Å². The third-order valence-electron chi connectivity index (χ3n) is 7.66. The van der Waals surface area contributed by atoms with E-state index >= 15 is 4.57 Å². The van der Waals surface area contributed by atoms with E-state index in [2.05, 4.69) is 121 Å². The summed E-state index contributed by atoms with van der Waals surface area (Å²) in [6.45, 7) is 0. The molecule has 0 spiro atoms. The van der Waals surface area contributed by atoms with Crippen LogP contribution in [0.4, 0.5) is 0 Å². The van der Waals surface area contributed by atoms with Gasteiger partial charge in [-0.15, -0.1) is 0 Å². The zero-order valence-corrected chi connectivity index (χ0v) is 21.5. The smallest absolute Gasteiger partial charge is 0.140 e. The molecule has 5 aromatic carbocycles. The van der Waals surface area contributed by atoms with E-state index in [9.17, 15) is 0 Å². The topological polar surface area (TPSA) is 17.1 Å². The fourth-order valence-electron chi connectivity index (χ4n) is 5.98. The lowest BCUT2D eigenvalue weighted by Crippen LogP contribution is -2.36. The summed E-state index contributed by atoms with van der Waals surface area (Å²) in [7, 11) is -3.22. The third-order valence-corrected chi connectivity index (χ3v) is 11.8. The van der Waals surface area contributed by atoms with Crippen molar-refractivity contribution in [1.82, 2.24) is 0 Å². The molecule has 0 aromatic heterocycles. The van der Waals surface area contributed by atoms with Crippen molar-refractivity contribution in [1.29, 1.82) is 0 Å². The normalized spacial score (nSPS) is 20.6. The molecule has 180 valence electrons. The van der Waals surface area contributed by atoms with Gasteiger partial charge in [0.15, 0.2) is 0 Å². The van der Waals surface area contributed by atoms with Crippen LogP contribution in [0.15, 0.2) is 158 Å². The van der Waals surface area contributed by atoms with Crippen molar-refractivity contribution >= 4 is 18.0 Å². The van der Waals surface area contributed by atoms with Crippen molar-refractivity contribution in [3.05, 3.63) is 180 Å². The second kappa shape index (κ2) is 9.85. The van der Waals surface area contributed by atoms with Crippen molar-refractivity contribution < 1.29 is 4.57 Å². The Labute approximate surface area is 219 Å². The molecule has 1 heterocycles. The van der Waals surface area contributed by atoms with Gasteiger partial charge in [0, 0.05) is 11.0 Å². The van der Waals surface area contributed by atoms with E-state index in [1.54, 1.807) is 0 Å². The highest BCUT2D eigenvalue weighted by Crippen LogP contribution is 2.77. The summed E-state index contributed by atoms with van der Waals surface area (Å²) in [4.78, 5) is 0. The summed E-state index contributed by atoms with van der Waals surface area (Å²) in [6.07, 6.45) is 3.04. The van der Waals surface area contributed by atoms with Crippen LogP contribution in [0.3, 0.4) is 0 Å². The first-order valence-corrected chi connectivity index (χ1v) is 14.6. The van der Waals surface area contributed by atoms with Crippen LogP contribution in [0.25, 0.3) is 5.57 Å². The summed E-state index contributed by atoms with van der Waals surface area (Å²) >= 11 is 0. The van der Waals surface area contributed by atoms with Crippen LogP contribution in [-0.4, -0.2) is 0 Å². The number of hydrogen-bond acceptors (Lipinski definition) is 1. The average molecular weight is 497 g/mol. The number of hydrogen-bond donors (Lipinski definition) is 0. The summed E-state index contributed by atoms with van der Waals surface area (Å²) in [5.41, 5.74) is 5.46. The van der Waals surface area contributed by atoms with Gasteiger partial charge >= 0.3 is 0 Å². The molecule has 2 unspecified atom stereocenters. The molecular weight excluding hydrogens is 467 g/mol. The second-order valence-electron chi connectivity index (χ2n) is 9.66.